The summed E-state index contributed by atoms with van der Waals surface area (Å²) < 4.78 is 27.4. The SMILES string of the molecule is Cc1cccc(N2CCN(S(=O)(=O)c3nnc(NC(=O)c4ccc(Cl)cc4)s3)CC2)c1C. The molecule has 0 spiro atoms. The Hall–Kier alpha value is -2.53. The van der Waals surface area contributed by atoms with E-state index >= 15 is 0 Å². The molecular weight excluding hydrogens is 470 g/mol. The van der Waals surface area contributed by atoms with Gasteiger partial charge >= 0.3 is 0 Å². The van der Waals surface area contributed by atoms with Gasteiger partial charge in [0.05, 0.1) is 0 Å². The van der Waals surface area contributed by atoms with Gasteiger partial charge in [0.15, 0.2) is 0 Å². The van der Waals surface area contributed by atoms with Crippen molar-refractivity contribution >= 4 is 49.7 Å². The van der Waals surface area contributed by atoms with E-state index in [0.717, 1.165) is 17.0 Å². The lowest BCUT2D eigenvalue weighted by Gasteiger charge is -2.35. The van der Waals surface area contributed by atoms with Crippen molar-refractivity contribution in [1.82, 2.24) is 14.5 Å². The highest BCUT2D eigenvalue weighted by Gasteiger charge is 2.32. The van der Waals surface area contributed by atoms with E-state index in [0.29, 0.717) is 36.8 Å². The van der Waals surface area contributed by atoms with Gasteiger partial charge in [0.1, 0.15) is 0 Å². The number of hydrogen-bond donors (Lipinski definition) is 1. The van der Waals surface area contributed by atoms with Crippen molar-refractivity contribution in [3.8, 4) is 0 Å². The summed E-state index contributed by atoms with van der Waals surface area (Å²) in [5.41, 5.74) is 3.93. The van der Waals surface area contributed by atoms with Crippen molar-refractivity contribution in [3.63, 3.8) is 0 Å². The second kappa shape index (κ2) is 9.14. The minimum Gasteiger partial charge on any atom is -0.369 e. The lowest BCUT2D eigenvalue weighted by molar-refractivity contribution is 0.102. The van der Waals surface area contributed by atoms with Crippen LogP contribution in [0.25, 0.3) is 0 Å². The minimum absolute atomic E-state index is 0.123. The fraction of sp³-hybridized carbons (Fsp3) is 0.286. The van der Waals surface area contributed by atoms with Gasteiger partial charge in [0.2, 0.25) is 9.47 Å². The Morgan fingerprint density at radius 1 is 1.03 bits per heavy atom. The first-order valence-electron chi connectivity index (χ1n) is 9.97. The zero-order chi connectivity index (χ0) is 22.9. The van der Waals surface area contributed by atoms with Crippen LogP contribution in [0.4, 0.5) is 10.8 Å². The summed E-state index contributed by atoms with van der Waals surface area (Å²) in [5.74, 6) is -0.413. The molecule has 2 heterocycles. The van der Waals surface area contributed by atoms with Gasteiger partial charge in [-0.1, -0.05) is 35.1 Å². The number of nitrogens with one attached hydrogen (secondary N) is 1. The number of rotatable bonds is 5. The van der Waals surface area contributed by atoms with Crippen LogP contribution in [0.5, 0.6) is 0 Å². The summed E-state index contributed by atoms with van der Waals surface area (Å²) in [6.07, 6.45) is 0. The standard InChI is InChI=1S/C21H22ClN5O3S2/c1-14-4-3-5-18(15(14)2)26-10-12-27(13-11-26)32(29,30)21-25-24-20(31-21)23-19(28)16-6-8-17(22)9-7-16/h3-9H,10-13H2,1-2H3,(H,23,24,28). The average Bonchev–Trinajstić information content (AvgIpc) is 3.25. The maximum Gasteiger partial charge on any atom is 0.272 e. The van der Waals surface area contributed by atoms with Crippen LogP contribution < -0.4 is 10.2 Å². The molecule has 32 heavy (non-hydrogen) atoms. The van der Waals surface area contributed by atoms with Crippen molar-refractivity contribution in [2.45, 2.75) is 18.2 Å². The molecule has 0 unspecified atom stereocenters. The van der Waals surface area contributed by atoms with E-state index in [1.807, 2.05) is 6.07 Å². The molecule has 11 heteroatoms. The number of hydrogen-bond acceptors (Lipinski definition) is 7. The molecule has 1 saturated heterocycles. The Labute approximate surface area is 195 Å². The molecule has 1 N–H and O–H groups in total. The summed E-state index contributed by atoms with van der Waals surface area (Å²) in [5, 5.41) is 10.9. The first-order valence-corrected chi connectivity index (χ1v) is 12.6. The predicted octanol–water partition coefficient (Wildman–Crippen LogP) is 3.57. The van der Waals surface area contributed by atoms with Crippen molar-refractivity contribution in [3.05, 3.63) is 64.2 Å². The molecule has 1 amide bonds. The number of benzene rings is 2. The van der Waals surface area contributed by atoms with Gasteiger partial charge in [-0.2, -0.15) is 4.31 Å². The topological polar surface area (TPSA) is 95.5 Å². The van der Waals surface area contributed by atoms with E-state index in [2.05, 4.69) is 46.4 Å². The zero-order valence-electron chi connectivity index (χ0n) is 17.6. The summed E-state index contributed by atoms with van der Waals surface area (Å²) in [6, 6.07) is 12.5. The van der Waals surface area contributed by atoms with E-state index in [1.165, 1.54) is 15.4 Å². The van der Waals surface area contributed by atoms with Crippen LogP contribution in [0.1, 0.15) is 21.5 Å². The number of sulfonamides is 1. The number of aromatic nitrogens is 2. The largest absolute Gasteiger partial charge is 0.369 e. The van der Waals surface area contributed by atoms with Gasteiger partial charge in [-0.05, 0) is 55.3 Å². The van der Waals surface area contributed by atoms with E-state index in [-0.39, 0.29) is 9.47 Å². The van der Waals surface area contributed by atoms with Crippen LogP contribution in [-0.2, 0) is 10.0 Å². The lowest BCUT2D eigenvalue weighted by atomic mass is 10.1. The molecule has 3 aromatic rings. The van der Waals surface area contributed by atoms with Gasteiger partial charge in [0.25, 0.3) is 15.9 Å². The van der Waals surface area contributed by atoms with Gasteiger partial charge in [-0.25, -0.2) is 8.42 Å². The Morgan fingerprint density at radius 3 is 2.41 bits per heavy atom. The molecule has 1 fully saturated rings. The lowest BCUT2D eigenvalue weighted by Crippen LogP contribution is -2.48. The number of piperazine rings is 1. The van der Waals surface area contributed by atoms with Crippen LogP contribution >= 0.6 is 22.9 Å². The van der Waals surface area contributed by atoms with Crippen LogP contribution in [0, 0.1) is 13.8 Å². The van der Waals surface area contributed by atoms with Crippen LogP contribution in [0.15, 0.2) is 46.8 Å². The number of amides is 1. The van der Waals surface area contributed by atoms with E-state index in [9.17, 15) is 13.2 Å². The monoisotopic (exact) mass is 491 g/mol. The van der Waals surface area contributed by atoms with Crippen molar-refractivity contribution in [1.29, 1.82) is 0 Å². The van der Waals surface area contributed by atoms with Gasteiger partial charge in [-0.3, -0.25) is 10.1 Å². The fourth-order valence-electron chi connectivity index (χ4n) is 3.49. The fourth-order valence-corrected chi connectivity index (χ4v) is 6.07. The van der Waals surface area contributed by atoms with Gasteiger partial charge < -0.3 is 4.90 Å². The molecule has 0 saturated carbocycles. The highest BCUT2D eigenvalue weighted by Crippen LogP contribution is 2.27. The first-order chi connectivity index (χ1) is 15.3. The minimum atomic E-state index is -3.79. The molecule has 1 aliphatic rings. The molecule has 4 rings (SSSR count). The second-order valence-electron chi connectivity index (χ2n) is 7.44. The highest BCUT2D eigenvalue weighted by molar-refractivity contribution is 7.91. The summed E-state index contributed by atoms with van der Waals surface area (Å²) in [6.45, 7) is 6.02. The van der Waals surface area contributed by atoms with Gasteiger partial charge in [0, 0.05) is 42.5 Å². The van der Waals surface area contributed by atoms with Crippen molar-refractivity contribution < 1.29 is 13.2 Å². The Bertz CT molecular complexity index is 1240. The molecule has 0 bridgehead atoms. The molecule has 1 aliphatic heterocycles. The van der Waals surface area contributed by atoms with Crippen molar-refractivity contribution in [2.24, 2.45) is 0 Å². The molecule has 0 aliphatic carbocycles. The Balaban J connectivity index is 1.42. The summed E-state index contributed by atoms with van der Waals surface area (Å²) in [4.78, 5) is 14.5. The van der Waals surface area contributed by atoms with Crippen LogP contribution in [-0.4, -0.2) is 55.0 Å². The smallest absolute Gasteiger partial charge is 0.272 e. The quantitative estimate of drug-likeness (QED) is 0.548. The molecule has 8 nitrogen and oxygen atoms in total. The third kappa shape index (κ3) is 4.63. The third-order valence-corrected chi connectivity index (χ3v) is 8.78. The normalized spacial score (nSPS) is 15.0. The number of aryl methyl sites for hydroxylation is 1. The molecule has 168 valence electrons. The number of carbonyl (C=O) groups is 1. The van der Waals surface area contributed by atoms with E-state index in [1.54, 1.807) is 24.3 Å². The van der Waals surface area contributed by atoms with Gasteiger partial charge in [-0.15, -0.1) is 10.2 Å². The molecule has 2 aromatic carbocycles. The average molecular weight is 492 g/mol. The predicted molar refractivity (Wildman–Crippen MR) is 126 cm³/mol. The maximum atomic E-state index is 13.0. The maximum absolute atomic E-state index is 13.0. The zero-order valence-corrected chi connectivity index (χ0v) is 20.0. The number of anilines is 2. The molecule has 1 aromatic heterocycles. The van der Waals surface area contributed by atoms with Crippen LogP contribution in [0.2, 0.25) is 5.02 Å². The Morgan fingerprint density at radius 2 is 1.72 bits per heavy atom. The number of halogens is 1. The highest BCUT2D eigenvalue weighted by atomic mass is 35.5. The van der Waals surface area contributed by atoms with E-state index < -0.39 is 15.9 Å². The summed E-state index contributed by atoms with van der Waals surface area (Å²) in [7, 11) is -3.79. The third-order valence-electron chi connectivity index (χ3n) is 5.45. The molecular formula is C21H22ClN5O3S2. The molecule has 0 radical (unpaired) electrons. The Kier molecular flexibility index (Phi) is 6.47. The number of carbonyl (C=O) groups excluding carboxylic acids is 1. The molecule has 0 atom stereocenters. The van der Waals surface area contributed by atoms with Crippen LogP contribution in [0.3, 0.4) is 0 Å². The second-order valence-corrected chi connectivity index (χ2v) is 11.0. The van der Waals surface area contributed by atoms with Crippen molar-refractivity contribution in [2.75, 3.05) is 36.4 Å². The first kappa shape index (κ1) is 22.7. The number of nitrogens with zero attached hydrogens (tertiary/aromatic N) is 4. The van der Waals surface area contributed by atoms with E-state index in [4.69, 9.17) is 11.6 Å². The summed E-state index contributed by atoms with van der Waals surface area (Å²) >= 11 is 6.67.